The molecule has 0 saturated heterocycles. The second-order valence-electron chi connectivity index (χ2n) is 2.94. The molecule has 1 aromatic heterocycles. The summed E-state index contributed by atoms with van der Waals surface area (Å²) in [6, 6.07) is 4.39. The van der Waals surface area contributed by atoms with Crippen molar-refractivity contribution < 1.29 is 4.39 Å². The topological polar surface area (TPSA) is 49.6 Å². The maximum Gasteiger partial charge on any atom is 0.143 e. The molecule has 1 aromatic carbocycles. The summed E-state index contributed by atoms with van der Waals surface area (Å²) in [5.74, 6) is -0.557. The Labute approximate surface area is 79.8 Å². The summed E-state index contributed by atoms with van der Waals surface area (Å²) in [5.41, 5.74) is 1.75. The Morgan fingerprint density at radius 2 is 2.14 bits per heavy atom. The monoisotopic (exact) mass is 187 g/mol. The minimum atomic E-state index is -0.557. The molecular formula is C10H6FN3. The van der Waals surface area contributed by atoms with Crippen molar-refractivity contribution >= 4 is 11.0 Å². The molecule has 2 aromatic rings. The Balaban J connectivity index is 2.82. The van der Waals surface area contributed by atoms with E-state index in [0.717, 1.165) is 5.69 Å². The third-order valence-corrected chi connectivity index (χ3v) is 1.87. The molecule has 2 rings (SSSR count). The summed E-state index contributed by atoms with van der Waals surface area (Å²) in [6.07, 6.45) is 1.56. The number of fused-ring (bicyclic) bond motifs is 1. The van der Waals surface area contributed by atoms with Crippen LogP contribution in [0.15, 0.2) is 18.3 Å². The van der Waals surface area contributed by atoms with Crippen LogP contribution in [0, 0.1) is 24.1 Å². The van der Waals surface area contributed by atoms with E-state index in [-0.39, 0.29) is 5.56 Å². The molecule has 0 radical (unpaired) electrons. The van der Waals surface area contributed by atoms with Gasteiger partial charge in [0.05, 0.1) is 22.3 Å². The third-order valence-electron chi connectivity index (χ3n) is 1.87. The predicted octanol–water partition coefficient (Wildman–Crippen LogP) is 1.95. The number of hydrogen-bond donors (Lipinski definition) is 0. The summed E-state index contributed by atoms with van der Waals surface area (Å²) in [4.78, 5) is 8.15. The smallest absolute Gasteiger partial charge is 0.143 e. The summed E-state index contributed by atoms with van der Waals surface area (Å²) in [6.45, 7) is 1.79. The molecule has 4 heteroatoms. The standard InChI is InChI=1S/C10H6FN3/c1-6-5-13-9-3-8(11)7(4-12)2-10(9)14-6/h2-3,5H,1H3. The molecule has 0 saturated carbocycles. The molecule has 3 nitrogen and oxygen atoms in total. The van der Waals surface area contributed by atoms with Crippen LogP contribution in [0.5, 0.6) is 0 Å². The molecule has 1 heterocycles. The van der Waals surface area contributed by atoms with Crippen LogP contribution in [0.3, 0.4) is 0 Å². The van der Waals surface area contributed by atoms with E-state index in [0.29, 0.717) is 11.0 Å². The molecule has 0 fully saturated rings. The van der Waals surface area contributed by atoms with Gasteiger partial charge in [0.25, 0.3) is 0 Å². The largest absolute Gasteiger partial charge is 0.253 e. The van der Waals surface area contributed by atoms with E-state index < -0.39 is 5.82 Å². The molecule has 0 spiro atoms. The van der Waals surface area contributed by atoms with Crippen molar-refractivity contribution in [1.82, 2.24) is 9.97 Å². The molecule has 0 amide bonds. The minimum Gasteiger partial charge on any atom is -0.253 e. The van der Waals surface area contributed by atoms with Gasteiger partial charge in [0.1, 0.15) is 11.9 Å². The molecule has 0 aliphatic heterocycles. The summed E-state index contributed by atoms with van der Waals surface area (Å²) >= 11 is 0. The zero-order valence-corrected chi connectivity index (χ0v) is 7.45. The lowest BCUT2D eigenvalue weighted by Crippen LogP contribution is -1.91. The van der Waals surface area contributed by atoms with Crippen LogP contribution in [0.4, 0.5) is 4.39 Å². The van der Waals surface area contributed by atoms with Crippen LogP contribution in [0.2, 0.25) is 0 Å². The number of benzene rings is 1. The Kier molecular flexibility index (Phi) is 1.86. The number of nitriles is 1. The van der Waals surface area contributed by atoms with Gasteiger partial charge in [-0.2, -0.15) is 5.26 Å². The number of hydrogen-bond acceptors (Lipinski definition) is 3. The number of aryl methyl sites for hydroxylation is 1. The fourth-order valence-electron chi connectivity index (χ4n) is 1.21. The quantitative estimate of drug-likeness (QED) is 0.633. The summed E-state index contributed by atoms with van der Waals surface area (Å²) < 4.78 is 13.1. The highest BCUT2D eigenvalue weighted by Gasteiger charge is 2.05. The molecule has 0 aliphatic carbocycles. The highest BCUT2D eigenvalue weighted by Crippen LogP contribution is 2.15. The highest BCUT2D eigenvalue weighted by atomic mass is 19.1. The Morgan fingerprint density at radius 3 is 2.86 bits per heavy atom. The number of halogens is 1. The van der Waals surface area contributed by atoms with E-state index in [1.54, 1.807) is 19.2 Å². The number of nitrogens with zero attached hydrogens (tertiary/aromatic N) is 3. The van der Waals surface area contributed by atoms with Crippen molar-refractivity contribution in [2.75, 3.05) is 0 Å². The van der Waals surface area contributed by atoms with E-state index in [1.165, 1.54) is 12.1 Å². The Morgan fingerprint density at radius 1 is 1.36 bits per heavy atom. The number of aromatic nitrogens is 2. The van der Waals surface area contributed by atoms with Crippen LogP contribution >= 0.6 is 0 Å². The average molecular weight is 187 g/mol. The van der Waals surface area contributed by atoms with Gasteiger partial charge in [-0.15, -0.1) is 0 Å². The third kappa shape index (κ3) is 1.29. The molecule has 0 N–H and O–H groups in total. The molecule has 14 heavy (non-hydrogen) atoms. The maximum atomic E-state index is 13.1. The first-order chi connectivity index (χ1) is 6.70. The van der Waals surface area contributed by atoms with E-state index in [9.17, 15) is 4.39 Å². The van der Waals surface area contributed by atoms with Crippen molar-refractivity contribution in [2.24, 2.45) is 0 Å². The van der Waals surface area contributed by atoms with Gasteiger partial charge in [-0.3, -0.25) is 4.98 Å². The molecule has 68 valence electrons. The lowest BCUT2D eigenvalue weighted by molar-refractivity contribution is 0.625. The Bertz CT molecular complexity index is 543. The van der Waals surface area contributed by atoms with Crippen LogP contribution < -0.4 is 0 Å². The first-order valence-electron chi connectivity index (χ1n) is 4.03. The molecule has 0 unspecified atom stereocenters. The van der Waals surface area contributed by atoms with Gasteiger partial charge < -0.3 is 0 Å². The van der Waals surface area contributed by atoms with Gasteiger partial charge in [0.15, 0.2) is 0 Å². The minimum absolute atomic E-state index is 0.00241. The lowest BCUT2D eigenvalue weighted by atomic mass is 10.2. The van der Waals surface area contributed by atoms with E-state index in [4.69, 9.17) is 5.26 Å². The zero-order valence-electron chi connectivity index (χ0n) is 7.45. The van der Waals surface area contributed by atoms with E-state index in [2.05, 4.69) is 9.97 Å². The predicted molar refractivity (Wildman–Crippen MR) is 48.9 cm³/mol. The van der Waals surface area contributed by atoms with Gasteiger partial charge in [-0.25, -0.2) is 9.37 Å². The van der Waals surface area contributed by atoms with Crippen molar-refractivity contribution in [3.8, 4) is 6.07 Å². The first kappa shape index (κ1) is 8.57. The highest BCUT2D eigenvalue weighted by molar-refractivity contribution is 5.75. The normalized spacial score (nSPS) is 10.1. The van der Waals surface area contributed by atoms with E-state index >= 15 is 0 Å². The summed E-state index contributed by atoms with van der Waals surface area (Å²) in [7, 11) is 0. The SMILES string of the molecule is Cc1cnc2cc(F)c(C#N)cc2n1. The van der Waals surface area contributed by atoms with Gasteiger partial charge in [-0.1, -0.05) is 0 Å². The molecule has 0 bridgehead atoms. The van der Waals surface area contributed by atoms with Crippen molar-refractivity contribution in [2.45, 2.75) is 6.92 Å². The van der Waals surface area contributed by atoms with Crippen LogP contribution in [-0.2, 0) is 0 Å². The van der Waals surface area contributed by atoms with Crippen LogP contribution in [0.1, 0.15) is 11.3 Å². The molecule has 0 atom stereocenters. The molecule has 0 aliphatic rings. The second-order valence-corrected chi connectivity index (χ2v) is 2.94. The van der Waals surface area contributed by atoms with Gasteiger partial charge in [-0.05, 0) is 13.0 Å². The average Bonchev–Trinajstić information content (AvgIpc) is 2.17. The van der Waals surface area contributed by atoms with Gasteiger partial charge in [0, 0.05) is 12.3 Å². The van der Waals surface area contributed by atoms with Crippen molar-refractivity contribution in [3.63, 3.8) is 0 Å². The Hall–Kier alpha value is -2.02. The first-order valence-corrected chi connectivity index (χ1v) is 4.03. The van der Waals surface area contributed by atoms with Crippen LogP contribution in [-0.4, -0.2) is 9.97 Å². The lowest BCUT2D eigenvalue weighted by Gasteiger charge is -1.99. The fourth-order valence-corrected chi connectivity index (χ4v) is 1.21. The molecular weight excluding hydrogens is 181 g/mol. The second kappa shape index (κ2) is 3.04. The zero-order chi connectivity index (χ0) is 10.1. The van der Waals surface area contributed by atoms with Gasteiger partial charge >= 0.3 is 0 Å². The van der Waals surface area contributed by atoms with E-state index in [1.807, 2.05) is 0 Å². The van der Waals surface area contributed by atoms with Crippen molar-refractivity contribution in [3.05, 3.63) is 35.4 Å². The van der Waals surface area contributed by atoms with Crippen molar-refractivity contribution in [1.29, 1.82) is 5.26 Å². The van der Waals surface area contributed by atoms with Crippen LogP contribution in [0.25, 0.3) is 11.0 Å². The fraction of sp³-hybridized carbons (Fsp3) is 0.100. The maximum absolute atomic E-state index is 13.1. The van der Waals surface area contributed by atoms with Gasteiger partial charge in [0.2, 0.25) is 0 Å². The number of rotatable bonds is 0. The summed E-state index contributed by atoms with van der Waals surface area (Å²) in [5, 5.41) is 8.61.